The summed E-state index contributed by atoms with van der Waals surface area (Å²) in [5.41, 5.74) is 0.694. The number of piperidine rings is 1. The van der Waals surface area contributed by atoms with Crippen molar-refractivity contribution in [2.75, 3.05) is 32.4 Å². The minimum atomic E-state index is -3.27. The maximum absolute atomic E-state index is 11.5. The van der Waals surface area contributed by atoms with E-state index >= 15 is 0 Å². The van der Waals surface area contributed by atoms with Gasteiger partial charge in [0.1, 0.15) is 0 Å². The zero-order valence-electron chi connectivity index (χ0n) is 17.9. The largest absolute Gasteiger partial charge is 0.357 e. The third kappa shape index (κ3) is 10.6. The molecule has 3 N–H and O–H groups in total. The molecule has 0 spiro atoms. The average Bonchev–Trinajstić information content (AvgIpc) is 2.59. The van der Waals surface area contributed by atoms with Gasteiger partial charge in [0, 0.05) is 31.2 Å². The quantitative estimate of drug-likeness (QED) is 0.269. The van der Waals surface area contributed by atoms with Gasteiger partial charge in [-0.1, -0.05) is 30.3 Å². The molecule has 1 saturated heterocycles. The van der Waals surface area contributed by atoms with Crippen LogP contribution in [0.5, 0.6) is 0 Å². The first-order valence-corrected chi connectivity index (χ1v) is 11.9. The molecule has 2 rings (SSSR count). The Morgan fingerprint density at radius 2 is 1.97 bits per heavy atom. The first-order valence-electron chi connectivity index (χ1n) is 9.97. The van der Waals surface area contributed by atoms with E-state index in [2.05, 4.69) is 49.5 Å². The number of hydrogen-bond donors (Lipinski definition) is 3. The van der Waals surface area contributed by atoms with E-state index in [4.69, 9.17) is 0 Å². The van der Waals surface area contributed by atoms with E-state index < -0.39 is 15.6 Å². The SMILES string of the molecule is CCNC(=NCC(C)(C)NS(C)(=O)=O)NC1CCCN(Cc2ccccc2)C1.I. The molecule has 1 heterocycles. The number of likely N-dealkylation sites (tertiary alicyclic amines) is 1. The van der Waals surface area contributed by atoms with Crippen molar-refractivity contribution in [2.45, 2.75) is 51.7 Å². The molecule has 0 aliphatic carbocycles. The van der Waals surface area contributed by atoms with Crippen molar-refractivity contribution in [3.8, 4) is 0 Å². The second kappa shape index (κ2) is 12.1. The molecular weight excluding hydrogens is 501 g/mol. The Balaban J connectivity index is 0.00000420. The van der Waals surface area contributed by atoms with Gasteiger partial charge in [0.05, 0.1) is 12.8 Å². The topological polar surface area (TPSA) is 85.8 Å². The lowest BCUT2D eigenvalue weighted by Crippen LogP contribution is -2.52. The Hall–Kier alpha value is -0.910. The second-order valence-corrected chi connectivity index (χ2v) is 9.91. The molecule has 7 nitrogen and oxygen atoms in total. The van der Waals surface area contributed by atoms with Crippen LogP contribution in [0.25, 0.3) is 0 Å². The molecule has 29 heavy (non-hydrogen) atoms. The average molecular weight is 538 g/mol. The molecule has 0 amide bonds. The number of benzene rings is 1. The van der Waals surface area contributed by atoms with Gasteiger partial charge in [-0.15, -0.1) is 24.0 Å². The standard InChI is InChI=1S/C20H35N5O2S.HI/c1-5-21-19(22-16-20(2,3)24-28(4,26)27)23-18-12-9-13-25(15-18)14-17-10-7-6-8-11-17;/h6-8,10-11,18,24H,5,9,12-16H2,1-4H3,(H2,21,22,23);1H. The lowest BCUT2D eigenvalue weighted by Gasteiger charge is -2.34. The maximum Gasteiger partial charge on any atom is 0.209 e. The zero-order valence-corrected chi connectivity index (χ0v) is 21.1. The van der Waals surface area contributed by atoms with Crippen molar-refractivity contribution in [2.24, 2.45) is 4.99 Å². The van der Waals surface area contributed by atoms with Crippen LogP contribution >= 0.6 is 24.0 Å². The Kier molecular flexibility index (Phi) is 10.9. The Morgan fingerprint density at radius 3 is 2.59 bits per heavy atom. The molecule has 0 bridgehead atoms. The number of halogens is 1. The van der Waals surface area contributed by atoms with E-state index in [0.29, 0.717) is 12.6 Å². The summed E-state index contributed by atoms with van der Waals surface area (Å²) < 4.78 is 25.7. The predicted octanol–water partition coefficient (Wildman–Crippen LogP) is 2.15. The summed E-state index contributed by atoms with van der Waals surface area (Å²) in [5.74, 6) is 0.734. The number of aliphatic imine (C=N–C) groups is 1. The number of guanidine groups is 1. The Bertz CT molecular complexity index is 740. The van der Waals surface area contributed by atoms with E-state index in [-0.39, 0.29) is 24.0 Å². The summed E-state index contributed by atoms with van der Waals surface area (Å²) in [7, 11) is -3.27. The molecule has 9 heteroatoms. The van der Waals surface area contributed by atoms with Crippen molar-refractivity contribution in [1.82, 2.24) is 20.3 Å². The highest BCUT2D eigenvalue weighted by molar-refractivity contribution is 14.0. The van der Waals surface area contributed by atoms with E-state index in [1.165, 1.54) is 11.8 Å². The summed E-state index contributed by atoms with van der Waals surface area (Å²) in [6.45, 7) is 9.84. The third-order valence-electron chi connectivity index (χ3n) is 4.53. The first-order chi connectivity index (χ1) is 13.2. The summed E-state index contributed by atoms with van der Waals surface area (Å²) in [5, 5.41) is 6.80. The van der Waals surface area contributed by atoms with Crippen LogP contribution in [0.2, 0.25) is 0 Å². The lowest BCUT2D eigenvalue weighted by atomic mass is 10.0. The molecule has 0 aromatic heterocycles. The van der Waals surface area contributed by atoms with Crippen molar-refractivity contribution in [1.29, 1.82) is 0 Å². The second-order valence-electron chi connectivity index (χ2n) is 8.16. The van der Waals surface area contributed by atoms with Crippen molar-refractivity contribution in [3.63, 3.8) is 0 Å². The predicted molar refractivity (Wildman–Crippen MR) is 131 cm³/mol. The van der Waals surface area contributed by atoms with Crippen LogP contribution in [0.15, 0.2) is 35.3 Å². The van der Waals surface area contributed by atoms with E-state index in [1.54, 1.807) is 0 Å². The van der Waals surface area contributed by atoms with Crippen molar-refractivity contribution in [3.05, 3.63) is 35.9 Å². The van der Waals surface area contributed by atoms with Crippen LogP contribution in [-0.4, -0.2) is 63.3 Å². The fraction of sp³-hybridized carbons (Fsp3) is 0.650. The molecule has 1 aliphatic heterocycles. The van der Waals surface area contributed by atoms with Crippen LogP contribution in [0.1, 0.15) is 39.2 Å². The molecule has 1 atom stereocenters. The van der Waals surface area contributed by atoms with Crippen LogP contribution < -0.4 is 15.4 Å². The van der Waals surface area contributed by atoms with Gasteiger partial charge in [-0.25, -0.2) is 13.1 Å². The highest BCUT2D eigenvalue weighted by Crippen LogP contribution is 2.14. The van der Waals surface area contributed by atoms with Crippen LogP contribution in [0.3, 0.4) is 0 Å². The molecule has 1 fully saturated rings. The van der Waals surface area contributed by atoms with Gasteiger partial charge >= 0.3 is 0 Å². The molecule has 1 aliphatic rings. The normalized spacial score (nSPS) is 18.8. The van der Waals surface area contributed by atoms with Gasteiger partial charge in [0.25, 0.3) is 0 Å². The van der Waals surface area contributed by atoms with Crippen LogP contribution in [0, 0.1) is 0 Å². The summed E-state index contributed by atoms with van der Waals surface area (Å²) in [6.07, 6.45) is 3.41. The van der Waals surface area contributed by atoms with Gasteiger partial charge in [-0.2, -0.15) is 0 Å². The minimum Gasteiger partial charge on any atom is -0.357 e. The fourth-order valence-electron chi connectivity index (χ4n) is 3.48. The maximum atomic E-state index is 11.5. The van der Waals surface area contributed by atoms with Gasteiger partial charge in [-0.3, -0.25) is 9.89 Å². The number of nitrogens with one attached hydrogen (secondary N) is 3. The molecule has 1 aromatic carbocycles. The summed E-state index contributed by atoms with van der Waals surface area (Å²) >= 11 is 0. The van der Waals surface area contributed by atoms with Crippen LogP contribution in [0.4, 0.5) is 0 Å². The van der Waals surface area contributed by atoms with Crippen molar-refractivity contribution < 1.29 is 8.42 Å². The minimum absolute atomic E-state index is 0. The third-order valence-corrected chi connectivity index (χ3v) is 5.46. The molecular formula is C20H36IN5O2S. The number of hydrogen-bond acceptors (Lipinski definition) is 4. The van der Waals surface area contributed by atoms with Gasteiger partial charge < -0.3 is 10.6 Å². The lowest BCUT2D eigenvalue weighted by molar-refractivity contribution is 0.192. The summed E-state index contributed by atoms with van der Waals surface area (Å²) in [6, 6.07) is 10.9. The zero-order chi connectivity index (χ0) is 20.6. The highest BCUT2D eigenvalue weighted by atomic mass is 127. The number of nitrogens with zero attached hydrogens (tertiary/aromatic N) is 2. The Labute approximate surface area is 193 Å². The van der Waals surface area contributed by atoms with E-state index in [1.807, 2.05) is 26.8 Å². The van der Waals surface area contributed by atoms with E-state index in [0.717, 1.165) is 45.0 Å². The Morgan fingerprint density at radius 1 is 1.28 bits per heavy atom. The van der Waals surface area contributed by atoms with Gasteiger partial charge in [0.15, 0.2) is 5.96 Å². The molecule has 0 radical (unpaired) electrons. The molecule has 166 valence electrons. The highest BCUT2D eigenvalue weighted by Gasteiger charge is 2.23. The summed E-state index contributed by atoms with van der Waals surface area (Å²) in [4.78, 5) is 7.09. The molecule has 1 aromatic rings. The van der Waals surface area contributed by atoms with E-state index in [9.17, 15) is 8.42 Å². The van der Waals surface area contributed by atoms with Crippen LogP contribution in [-0.2, 0) is 16.6 Å². The van der Waals surface area contributed by atoms with Gasteiger partial charge in [0.2, 0.25) is 10.0 Å². The fourth-order valence-corrected chi connectivity index (χ4v) is 4.55. The number of sulfonamides is 1. The smallest absolute Gasteiger partial charge is 0.209 e. The molecule has 0 saturated carbocycles. The monoisotopic (exact) mass is 537 g/mol. The number of rotatable bonds is 8. The van der Waals surface area contributed by atoms with Gasteiger partial charge in [-0.05, 0) is 45.7 Å². The first kappa shape index (κ1) is 26.1. The van der Waals surface area contributed by atoms with Crippen molar-refractivity contribution >= 4 is 40.0 Å². The molecule has 1 unspecified atom stereocenters.